The maximum atomic E-state index is 12.3. The summed E-state index contributed by atoms with van der Waals surface area (Å²) in [5, 5.41) is 5.43. The maximum Gasteiger partial charge on any atom is 0.273 e. The molecule has 0 unspecified atom stereocenters. The molecule has 108 valence electrons. The normalized spacial score (nSPS) is 10.8. The zero-order valence-electron chi connectivity index (χ0n) is 11.5. The molecule has 0 saturated carbocycles. The summed E-state index contributed by atoms with van der Waals surface area (Å²) in [6.07, 6.45) is 0. The number of carbonyl (C=O) groups excluding carboxylic acids is 1. The van der Waals surface area contributed by atoms with Crippen LogP contribution in [0.3, 0.4) is 0 Å². The minimum absolute atomic E-state index is 0.0933. The number of fused-ring (bicyclic) bond motifs is 1. The Labute approximate surface area is 129 Å². The predicted octanol–water partition coefficient (Wildman–Crippen LogP) is 2.46. The molecule has 0 radical (unpaired) electrons. The first-order valence-electron chi connectivity index (χ1n) is 6.27. The van der Waals surface area contributed by atoms with E-state index in [-0.39, 0.29) is 5.91 Å². The minimum Gasteiger partial charge on any atom is -0.365 e. The highest BCUT2D eigenvalue weighted by molar-refractivity contribution is 7.13. The average Bonchev–Trinajstić information content (AvgIpc) is 3.14. The first-order valence-corrected chi connectivity index (χ1v) is 7.88. The van der Waals surface area contributed by atoms with Gasteiger partial charge in [0.25, 0.3) is 5.91 Å². The van der Waals surface area contributed by atoms with Crippen LogP contribution in [-0.2, 0) is 6.54 Å². The van der Waals surface area contributed by atoms with Gasteiger partial charge in [0.15, 0.2) is 5.13 Å². The lowest BCUT2D eigenvalue weighted by Crippen LogP contribution is -2.26. The molecular weight excluding hydrogens is 306 g/mol. The molecule has 3 rings (SSSR count). The summed E-state index contributed by atoms with van der Waals surface area (Å²) in [6.45, 7) is 0.513. The molecule has 21 heavy (non-hydrogen) atoms. The van der Waals surface area contributed by atoms with Gasteiger partial charge < -0.3 is 10.2 Å². The second-order valence-corrected chi connectivity index (χ2v) is 5.92. The summed E-state index contributed by atoms with van der Waals surface area (Å²) in [4.78, 5) is 18.2. The Morgan fingerprint density at radius 3 is 2.90 bits per heavy atom. The SMILES string of the molecule is CNc1nc(C(=O)N(C)Cc2ccc3nsnc3c2)cs1. The first-order chi connectivity index (χ1) is 10.2. The van der Waals surface area contributed by atoms with Gasteiger partial charge in [-0.2, -0.15) is 8.75 Å². The van der Waals surface area contributed by atoms with Crippen molar-refractivity contribution in [2.75, 3.05) is 19.4 Å². The van der Waals surface area contributed by atoms with Crippen LogP contribution in [0.1, 0.15) is 16.1 Å². The Balaban J connectivity index is 1.75. The van der Waals surface area contributed by atoms with Crippen molar-refractivity contribution < 1.29 is 4.79 Å². The quantitative estimate of drug-likeness (QED) is 0.800. The van der Waals surface area contributed by atoms with Crippen molar-refractivity contribution in [2.24, 2.45) is 0 Å². The summed E-state index contributed by atoms with van der Waals surface area (Å²) in [6, 6.07) is 5.85. The van der Waals surface area contributed by atoms with Crippen molar-refractivity contribution in [3.8, 4) is 0 Å². The van der Waals surface area contributed by atoms with Crippen LogP contribution in [0.4, 0.5) is 5.13 Å². The zero-order valence-corrected chi connectivity index (χ0v) is 13.2. The molecule has 0 aliphatic heterocycles. The summed E-state index contributed by atoms with van der Waals surface area (Å²) in [5.74, 6) is -0.0933. The predicted molar refractivity (Wildman–Crippen MR) is 84.9 cm³/mol. The van der Waals surface area contributed by atoms with Crippen molar-refractivity contribution in [3.05, 3.63) is 34.8 Å². The van der Waals surface area contributed by atoms with E-state index in [9.17, 15) is 4.79 Å². The number of nitrogens with one attached hydrogen (secondary N) is 1. The standard InChI is InChI=1S/C13H13N5OS2/c1-14-13-15-11(7-20-13)12(19)18(2)6-8-3-4-9-10(5-8)17-21-16-9/h3-5,7H,6H2,1-2H3,(H,14,15). The molecule has 0 bridgehead atoms. The van der Waals surface area contributed by atoms with Gasteiger partial charge in [0.1, 0.15) is 16.7 Å². The summed E-state index contributed by atoms with van der Waals surface area (Å²) in [7, 11) is 3.55. The van der Waals surface area contributed by atoms with Gasteiger partial charge in [0.2, 0.25) is 0 Å². The van der Waals surface area contributed by atoms with Gasteiger partial charge in [0, 0.05) is 26.0 Å². The highest BCUT2D eigenvalue weighted by atomic mass is 32.1. The van der Waals surface area contributed by atoms with Crippen LogP contribution in [0, 0.1) is 0 Å². The molecule has 0 fully saturated rings. The number of aromatic nitrogens is 3. The van der Waals surface area contributed by atoms with Crippen molar-refractivity contribution in [3.63, 3.8) is 0 Å². The number of amides is 1. The smallest absolute Gasteiger partial charge is 0.273 e. The van der Waals surface area contributed by atoms with Crippen LogP contribution in [0.2, 0.25) is 0 Å². The van der Waals surface area contributed by atoms with Crippen LogP contribution < -0.4 is 5.32 Å². The lowest BCUT2D eigenvalue weighted by atomic mass is 10.2. The van der Waals surface area contributed by atoms with Crippen LogP contribution in [-0.4, -0.2) is 38.6 Å². The number of hydrogen-bond donors (Lipinski definition) is 1. The molecular formula is C13H13N5OS2. The molecule has 0 aliphatic carbocycles. The van der Waals surface area contributed by atoms with E-state index in [1.165, 1.54) is 23.1 Å². The zero-order chi connectivity index (χ0) is 14.8. The van der Waals surface area contributed by atoms with Gasteiger partial charge in [0.05, 0.1) is 11.7 Å². The molecule has 1 N–H and O–H groups in total. The molecule has 1 aromatic carbocycles. The molecule has 6 nitrogen and oxygen atoms in total. The van der Waals surface area contributed by atoms with E-state index in [2.05, 4.69) is 19.0 Å². The Morgan fingerprint density at radius 2 is 2.14 bits per heavy atom. The second-order valence-electron chi connectivity index (χ2n) is 4.54. The average molecular weight is 319 g/mol. The van der Waals surface area contributed by atoms with Gasteiger partial charge in [-0.15, -0.1) is 11.3 Å². The minimum atomic E-state index is -0.0933. The lowest BCUT2D eigenvalue weighted by Gasteiger charge is -2.15. The number of nitrogens with zero attached hydrogens (tertiary/aromatic N) is 4. The topological polar surface area (TPSA) is 71.0 Å². The number of carbonyl (C=O) groups is 1. The van der Waals surface area contributed by atoms with Crippen LogP contribution in [0.15, 0.2) is 23.6 Å². The Morgan fingerprint density at radius 1 is 1.33 bits per heavy atom. The van der Waals surface area contributed by atoms with E-state index < -0.39 is 0 Å². The number of thiazole rings is 1. The number of hydrogen-bond acceptors (Lipinski definition) is 7. The second kappa shape index (κ2) is 5.74. The van der Waals surface area contributed by atoms with Crippen molar-refractivity contribution in [1.82, 2.24) is 18.6 Å². The Hall–Kier alpha value is -2.06. The van der Waals surface area contributed by atoms with Crippen LogP contribution in [0.5, 0.6) is 0 Å². The van der Waals surface area contributed by atoms with Gasteiger partial charge >= 0.3 is 0 Å². The molecule has 0 atom stereocenters. The highest BCUT2D eigenvalue weighted by Gasteiger charge is 2.15. The highest BCUT2D eigenvalue weighted by Crippen LogP contribution is 2.18. The number of anilines is 1. The van der Waals surface area contributed by atoms with E-state index in [4.69, 9.17) is 0 Å². The molecule has 0 aliphatic rings. The molecule has 3 aromatic rings. The van der Waals surface area contributed by atoms with E-state index in [1.807, 2.05) is 18.2 Å². The Bertz CT molecular complexity index is 782. The lowest BCUT2D eigenvalue weighted by molar-refractivity contribution is 0.0780. The fourth-order valence-corrected chi connectivity index (χ4v) is 3.12. The van der Waals surface area contributed by atoms with Gasteiger partial charge in [-0.3, -0.25) is 4.79 Å². The number of rotatable bonds is 4. The third-order valence-corrected chi connectivity index (χ3v) is 4.44. The fourth-order valence-electron chi connectivity index (χ4n) is 1.95. The Kier molecular flexibility index (Phi) is 3.80. The molecule has 0 saturated heterocycles. The third-order valence-electron chi connectivity index (χ3n) is 3.02. The van der Waals surface area contributed by atoms with Crippen molar-refractivity contribution in [1.29, 1.82) is 0 Å². The number of benzene rings is 1. The van der Waals surface area contributed by atoms with E-state index in [1.54, 1.807) is 24.4 Å². The monoisotopic (exact) mass is 319 g/mol. The van der Waals surface area contributed by atoms with Crippen LogP contribution in [0.25, 0.3) is 11.0 Å². The molecule has 2 aromatic heterocycles. The summed E-state index contributed by atoms with van der Waals surface area (Å²) < 4.78 is 8.38. The van der Waals surface area contributed by atoms with Gasteiger partial charge in [-0.1, -0.05) is 6.07 Å². The molecule has 2 heterocycles. The van der Waals surface area contributed by atoms with Gasteiger partial charge in [-0.25, -0.2) is 4.98 Å². The van der Waals surface area contributed by atoms with Crippen molar-refractivity contribution >= 4 is 45.1 Å². The molecule has 0 spiro atoms. The van der Waals surface area contributed by atoms with E-state index in [0.29, 0.717) is 12.2 Å². The van der Waals surface area contributed by atoms with Crippen molar-refractivity contribution in [2.45, 2.75) is 6.54 Å². The molecule has 1 amide bonds. The third kappa shape index (κ3) is 2.86. The first kappa shape index (κ1) is 13.9. The van der Waals surface area contributed by atoms with Gasteiger partial charge in [-0.05, 0) is 17.7 Å². The maximum absolute atomic E-state index is 12.3. The summed E-state index contributed by atoms with van der Waals surface area (Å²) >= 11 is 2.61. The van der Waals surface area contributed by atoms with E-state index in [0.717, 1.165) is 21.7 Å². The van der Waals surface area contributed by atoms with E-state index >= 15 is 0 Å². The summed E-state index contributed by atoms with van der Waals surface area (Å²) in [5.41, 5.74) is 3.23. The largest absolute Gasteiger partial charge is 0.365 e. The van der Waals surface area contributed by atoms with Crippen LogP contribution >= 0.6 is 23.1 Å². The molecule has 8 heteroatoms. The fraction of sp³-hybridized carbons (Fsp3) is 0.231.